The maximum absolute atomic E-state index is 11.7. The minimum absolute atomic E-state index is 0.274. The number of hydrogen-bond acceptors (Lipinski definition) is 3. The van der Waals surface area contributed by atoms with Crippen LogP contribution in [0.4, 0.5) is 10.5 Å². The Morgan fingerprint density at radius 1 is 1.50 bits per heavy atom. The number of pyridine rings is 1. The second-order valence-electron chi connectivity index (χ2n) is 4.35. The van der Waals surface area contributed by atoms with E-state index in [1.807, 2.05) is 20.8 Å². The third-order valence-corrected chi connectivity index (χ3v) is 2.06. The van der Waals surface area contributed by atoms with Gasteiger partial charge in [0.25, 0.3) is 0 Å². The Morgan fingerprint density at radius 2 is 2.12 bits per heavy atom. The van der Waals surface area contributed by atoms with E-state index < -0.39 is 11.7 Å². The molecular formula is C11H15ClN2O2. The Labute approximate surface area is 100 Å². The molecule has 0 aliphatic carbocycles. The number of amides is 1. The van der Waals surface area contributed by atoms with Gasteiger partial charge in [-0.15, -0.1) is 0 Å². The molecule has 4 nitrogen and oxygen atoms in total. The van der Waals surface area contributed by atoms with Crippen molar-refractivity contribution in [3.05, 3.63) is 23.5 Å². The van der Waals surface area contributed by atoms with Gasteiger partial charge in [0.15, 0.2) is 5.15 Å². The largest absolute Gasteiger partial charge is 0.443 e. The van der Waals surface area contributed by atoms with Gasteiger partial charge in [-0.05, 0) is 32.9 Å². The van der Waals surface area contributed by atoms with E-state index in [1.165, 1.54) is 4.90 Å². The number of anilines is 1. The van der Waals surface area contributed by atoms with Gasteiger partial charge in [0.2, 0.25) is 0 Å². The van der Waals surface area contributed by atoms with Gasteiger partial charge in [-0.3, -0.25) is 4.90 Å². The number of ether oxygens (including phenoxy) is 1. The molecule has 0 aliphatic heterocycles. The zero-order valence-electron chi connectivity index (χ0n) is 9.82. The molecule has 0 spiro atoms. The molecule has 1 aromatic rings. The van der Waals surface area contributed by atoms with Gasteiger partial charge in [0.1, 0.15) is 5.60 Å². The summed E-state index contributed by atoms with van der Waals surface area (Å²) in [6, 6.07) is 3.42. The number of rotatable bonds is 1. The minimum atomic E-state index is -0.528. The third-order valence-electron chi connectivity index (χ3n) is 1.77. The molecule has 0 N–H and O–H groups in total. The number of aromatic nitrogens is 1. The lowest BCUT2D eigenvalue weighted by Gasteiger charge is -2.24. The Hall–Kier alpha value is -1.29. The van der Waals surface area contributed by atoms with Gasteiger partial charge in [0, 0.05) is 13.2 Å². The van der Waals surface area contributed by atoms with Crippen LogP contribution in [-0.4, -0.2) is 23.7 Å². The van der Waals surface area contributed by atoms with Gasteiger partial charge in [-0.1, -0.05) is 11.6 Å². The summed E-state index contributed by atoms with van der Waals surface area (Å²) in [6.07, 6.45) is 1.11. The lowest BCUT2D eigenvalue weighted by molar-refractivity contribution is 0.0589. The van der Waals surface area contributed by atoms with Crippen LogP contribution in [0.1, 0.15) is 20.8 Å². The molecular weight excluding hydrogens is 228 g/mol. The van der Waals surface area contributed by atoms with Crippen LogP contribution in [0, 0.1) is 0 Å². The average Bonchev–Trinajstić information content (AvgIpc) is 2.15. The van der Waals surface area contributed by atoms with E-state index in [-0.39, 0.29) is 5.15 Å². The molecule has 1 aromatic heterocycles. The van der Waals surface area contributed by atoms with E-state index in [1.54, 1.807) is 25.4 Å². The summed E-state index contributed by atoms with van der Waals surface area (Å²) in [5.74, 6) is 0. The van der Waals surface area contributed by atoms with E-state index in [0.717, 1.165) is 0 Å². The highest BCUT2D eigenvalue weighted by atomic mass is 35.5. The van der Waals surface area contributed by atoms with Gasteiger partial charge in [-0.25, -0.2) is 9.78 Å². The van der Waals surface area contributed by atoms with E-state index in [0.29, 0.717) is 5.69 Å². The highest BCUT2D eigenvalue weighted by Gasteiger charge is 2.21. The molecule has 1 amide bonds. The molecule has 16 heavy (non-hydrogen) atoms. The first-order chi connectivity index (χ1) is 7.31. The van der Waals surface area contributed by atoms with Crippen molar-refractivity contribution in [2.45, 2.75) is 26.4 Å². The van der Waals surface area contributed by atoms with Crippen LogP contribution in [0.15, 0.2) is 18.3 Å². The fraction of sp³-hybridized carbons (Fsp3) is 0.455. The summed E-state index contributed by atoms with van der Waals surface area (Å²) in [6.45, 7) is 5.43. The van der Waals surface area contributed by atoms with Gasteiger partial charge in [-0.2, -0.15) is 0 Å². The summed E-state index contributed by atoms with van der Waals surface area (Å²) in [4.78, 5) is 17.0. The summed E-state index contributed by atoms with van der Waals surface area (Å²) >= 11 is 5.87. The maximum Gasteiger partial charge on any atom is 0.414 e. The molecule has 5 heteroatoms. The Bertz CT molecular complexity index is 388. The molecule has 0 saturated carbocycles. The fourth-order valence-corrected chi connectivity index (χ4v) is 1.30. The molecule has 1 rings (SSSR count). The maximum atomic E-state index is 11.7. The molecule has 0 aromatic carbocycles. The van der Waals surface area contributed by atoms with Crippen LogP contribution in [0.5, 0.6) is 0 Å². The van der Waals surface area contributed by atoms with Crippen LogP contribution in [0.2, 0.25) is 5.15 Å². The van der Waals surface area contributed by atoms with Crippen molar-refractivity contribution < 1.29 is 9.53 Å². The zero-order chi connectivity index (χ0) is 12.3. The highest BCUT2D eigenvalue weighted by Crippen LogP contribution is 2.23. The molecule has 0 bridgehead atoms. The molecule has 0 saturated heterocycles. The van der Waals surface area contributed by atoms with Crippen LogP contribution >= 0.6 is 11.6 Å². The molecule has 0 atom stereocenters. The summed E-state index contributed by atoms with van der Waals surface area (Å²) in [7, 11) is 1.59. The normalized spacial score (nSPS) is 11.1. The standard InChI is InChI=1S/C11H15ClN2O2/c1-11(2,3)16-10(15)14(4)8-6-5-7-13-9(8)12/h5-7H,1-4H3. The topological polar surface area (TPSA) is 42.4 Å². The molecule has 0 radical (unpaired) electrons. The van der Waals surface area contributed by atoms with Crippen LogP contribution in [0.3, 0.4) is 0 Å². The van der Waals surface area contributed by atoms with E-state index >= 15 is 0 Å². The lowest BCUT2D eigenvalue weighted by atomic mass is 10.2. The number of nitrogens with zero attached hydrogens (tertiary/aromatic N) is 2. The Kier molecular flexibility index (Phi) is 3.75. The first-order valence-corrected chi connectivity index (χ1v) is 5.26. The van der Waals surface area contributed by atoms with E-state index in [2.05, 4.69) is 4.98 Å². The Morgan fingerprint density at radius 3 is 2.62 bits per heavy atom. The molecule has 0 unspecified atom stereocenters. The smallest absolute Gasteiger partial charge is 0.414 e. The molecule has 0 aliphatic rings. The van der Waals surface area contributed by atoms with Crippen LogP contribution in [0.25, 0.3) is 0 Å². The SMILES string of the molecule is CN(C(=O)OC(C)(C)C)c1cccnc1Cl. The fourth-order valence-electron chi connectivity index (χ4n) is 1.06. The van der Waals surface area contributed by atoms with Crippen molar-refractivity contribution in [2.75, 3.05) is 11.9 Å². The first-order valence-electron chi connectivity index (χ1n) is 4.88. The average molecular weight is 243 g/mol. The highest BCUT2D eigenvalue weighted by molar-refractivity contribution is 6.32. The van der Waals surface area contributed by atoms with E-state index in [4.69, 9.17) is 16.3 Å². The minimum Gasteiger partial charge on any atom is -0.443 e. The van der Waals surface area contributed by atoms with Gasteiger partial charge >= 0.3 is 6.09 Å². The van der Waals surface area contributed by atoms with Gasteiger partial charge < -0.3 is 4.74 Å². The predicted molar refractivity (Wildman–Crippen MR) is 63.9 cm³/mol. The van der Waals surface area contributed by atoms with Gasteiger partial charge in [0.05, 0.1) is 5.69 Å². The molecule has 88 valence electrons. The summed E-state index contributed by atoms with van der Waals surface area (Å²) in [5, 5.41) is 0.274. The quantitative estimate of drug-likeness (QED) is 0.711. The van der Waals surface area contributed by atoms with Crippen molar-refractivity contribution in [1.82, 2.24) is 4.98 Å². The zero-order valence-corrected chi connectivity index (χ0v) is 10.6. The first kappa shape index (κ1) is 12.8. The number of hydrogen-bond donors (Lipinski definition) is 0. The second kappa shape index (κ2) is 4.70. The van der Waals surface area contributed by atoms with Crippen LogP contribution in [-0.2, 0) is 4.74 Å². The van der Waals surface area contributed by atoms with Crippen LogP contribution < -0.4 is 4.90 Å². The molecule has 0 fully saturated rings. The van der Waals surface area contributed by atoms with Crippen molar-refractivity contribution in [3.8, 4) is 0 Å². The molecule has 1 heterocycles. The van der Waals surface area contributed by atoms with Crippen molar-refractivity contribution in [3.63, 3.8) is 0 Å². The number of halogens is 1. The lowest BCUT2D eigenvalue weighted by Crippen LogP contribution is -2.34. The second-order valence-corrected chi connectivity index (χ2v) is 4.71. The number of carbonyl (C=O) groups excluding carboxylic acids is 1. The third kappa shape index (κ3) is 3.38. The van der Waals surface area contributed by atoms with E-state index in [9.17, 15) is 4.79 Å². The van der Waals surface area contributed by atoms with Crippen molar-refractivity contribution >= 4 is 23.4 Å². The monoisotopic (exact) mass is 242 g/mol. The predicted octanol–water partition coefficient (Wildman–Crippen LogP) is 3.11. The summed E-state index contributed by atoms with van der Waals surface area (Å²) < 4.78 is 5.21. The van der Waals surface area contributed by atoms with Crippen molar-refractivity contribution in [2.24, 2.45) is 0 Å². The summed E-state index contributed by atoms with van der Waals surface area (Å²) in [5.41, 5.74) is -0.00144. The number of carbonyl (C=O) groups is 1. The van der Waals surface area contributed by atoms with Crippen molar-refractivity contribution in [1.29, 1.82) is 0 Å². The Balaban J connectivity index is 2.83.